The van der Waals surface area contributed by atoms with Gasteiger partial charge in [-0.2, -0.15) is 0 Å². The van der Waals surface area contributed by atoms with Crippen LogP contribution >= 0.6 is 12.4 Å². The Labute approximate surface area is 104 Å². The summed E-state index contributed by atoms with van der Waals surface area (Å²) in [7, 11) is 0. The summed E-state index contributed by atoms with van der Waals surface area (Å²) in [5, 5.41) is 3.40. The molecule has 0 aliphatic carbocycles. The van der Waals surface area contributed by atoms with Crippen molar-refractivity contribution in [2.24, 2.45) is 0 Å². The topological polar surface area (TPSA) is 28.2 Å². The molecule has 0 aromatic carbocycles. The third-order valence-corrected chi connectivity index (χ3v) is 3.11. The molecule has 0 radical (unpaired) electrons. The monoisotopic (exact) mass is 241 g/mol. The van der Waals surface area contributed by atoms with Crippen LogP contribution in [0.25, 0.3) is 0 Å². The van der Waals surface area contributed by atoms with E-state index >= 15 is 0 Å². The lowest BCUT2D eigenvalue weighted by Crippen LogP contribution is -2.49. The number of nitrogens with zero attached hydrogens (tertiary/aromatic N) is 2. The third kappa shape index (κ3) is 3.17. The van der Waals surface area contributed by atoms with Gasteiger partial charge in [0.2, 0.25) is 0 Å². The van der Waals surface area contributed by atoms with Crippen LogP contribution in [0, 0.1) is 6.92 Å². The Morgan fingerprint density at radius 2 is 2.38 bits per heavy atom. The molecule has 0 saturated carbocycles. The molecule has 1 atom stereocenters. The van der Waals surface area contributed by atoms with Crippen LogP contribution in [0.4, 0.5) is 0 Å². The minimum absolute atomic E-state index is 0. The van der Waals surface area contributed by atoms with Crippen molar-refractivity contribution in [2.45, 2.75) is 26.4 Å². The maximum absolute atomic E-state index is 4.44. The van der Waals surface area contributed by atoms with Crippen molar-refractivity contribution < 1.29 is 0 Å². The fraction of sp³-hybridized carbons (Fsp3) is 0.583. The average Bonchev–Trinajstić information content (AvgIpc) is 2.24. The number of hydrogen-bond acceptors (Lipinski definition) is 3. The van der Waals surface area contributed by atoms with Gasteiger partial charge in [0.05, 0.1) is 5.69 Å². The van der Waals surface area contributed by atoms with E-state index in [2.05, 4.69) is 35.1 Å². The maximum Gasteiger partial charge on any atom is 0.0573 e. The number of halogens is 1. The minimum atomic E-state index is 0. The van der Waals surface area contributed by atoms with Crippen LogP contribution in [0.5, 0.6) is 0 Å². The molecule has 1 saturated heterocycles. The Kier molecular flexibility index (Phi) is 5.19. The molecule has 2 rings (SSSR count). The summed E-state index contributed by atoms with van der Waals surface area (Å²) in [6.07, 6.45) is 1.88. The number of aryl methyl sites for hydroxylation is 1. The molecular weight excluding hydrogens is 222 g/mol. The number of piperazine rings is 1. The fourth-order valence-corrected chi connectivity index (χ4v) is 1.99. The van der Waals surface area contributed by atoms with E-state index in [1.165, 1.54) is 11.3 Å². The molecule has 2 heterocycles. The largest absolute Gasteiger partial charge is 0.314 e. The van der Waals surface area contributed by atoms with E-state index in [9.17, 15) is 0 Å². The normalized spacial score (nSPS) is 21.5. The first kappa shape index (κ1) is 13.4. The molecule has 3 nitrogen and oxygen atoms in total. The molecule has 0 spiro atoms. The predicted molar refractivity (Wildman–Crippen MR) is 69.0 cm³/mol. The van der Waals surface area contributed by atoms with Crippen LogP contribution < -0.4 is 5.32 Å². The van der Waals surface area contributed by atoms with E-state index in [0.717, 1.165) is 26.2 Å². The van der Waals surface area contributed by atoms with Crippen molar-refractivity contribution in [1.29, 1.82) is 0 Å². The molecule has 0 unspecified atom stereocenters. The summed E-state index contributed by atoms with van der Waals surface area (Å²) < 4.78 is 0. The first-order valence-corrected chi connectivity index (χ1v) is 5.62. The van der Waals surface area contributed by atoms with E-state index in [-0.39, 0.29) is 12.4 Å². The molecule has 16 heavy (non-hydrogen) atoms. The van der Waals surface area contributed by atoms with Crippen LogP contribution in [-0.2, 0) is 6.54 Å². The highest BCUT2D eigenvalue weighted by molar-refractivity contribution is 5.85. The van der Waals surface area contributed by atoms with Crippen molar-refractivity contribution >= 4 is 12.4 Å². The molecule has 1 fully saturated rings. The van der Waals surface area contributed by atoms with Gasteiger partial charge in [0.1, 0.15) is 0 Å². The SMILES string of the molecule is Cc1cccnc1CN1CCNC[C@H]1C.Cl. The molecule has 1 N–H and O–H groups in total. The first-order chi connectivity index (χ1) is 7.27. The number of rotatable bonds is 2. The van der Waals surface area contributed by atoms with Gasteiger partial charge in [0.25, 0.3) is 0 Å². The van der Waals surface area contributed by atoms with Gasteiger partial charge >= 0.3 is 0 Å². The van der Waals surface area contributed by atoms with E-state index in [1.54, 1.807) is 0 Å². The smallest absolute Gasteiger partial charge is 0.0573 e. The summed E-state index contributed by atoms with van der Waals surface area (Å²) in [4.78, 5) is 6.94. The molecule has 0 amide bonds. The molecule has 1 aromatic heterocycles. The quantitative estimate of drug-likeness (QED) is 0.853. The summed E-state index contributed by atoms with van der Waals surface area (Å²) >= 11 is 0. The van der Waals surface area contributed by atoms with Crippen molar-refractivity contribution in [3.8, 4) is 0 Å². The molecule has 1 aromatic rings. The van der Waals surface area contributed by atoms with Crippen LogP contribution in [0.2, 0.25) is 0 Å². The minimum Gasteiger partial charge on any atom is -0.314 e. The zero-order valence-electron chi connectivity index (χ0n) is 9.94. The molecule has 1 aliphatic heterocycles. The predicted octanol–water partition coefficient (Wildman–Crippen LogP) is 1.61. The van der Waals surface area contributed by atoms with Crippen LogP contribution in [0.1, 0.15) is 18.2 Å². The Morgan fingerprint density at radius 1 is 1.56 bits per heavy atom. The number of pyridine rings is 1. The summed E-state index contributed by atoms with van der Waals surface area (Å²) in [5.74, 6) is 0. The molecule has 1 aliphatic rings. The van der Waals surface area contributed by atoms with Crippen molar-refractivity contribution in [3.05, 3.63) is 29.6 Å². The summed E-state index contributed by atoms with van der Waals surface area (Å²) in [5.41, 5.74) is 2.51. The zero-order chi connectivity index (χ0) is 10.7. The van der Waals surface area contributed by atoms with Gasteiger partial charge in [-0.15, -0.1) is 12.4 Å². The zero-order valence-corrected chi connectivity index (χ0v) is 10.8. The molecule has 0 bridgehead atoms. The average molecular weight is 242 g/mol. The molecular formula is C12H20ClN3. The van der Waals surface area contributed by atoms with E-state index < -0.39 is 0 Å². The van der Waals surface area contributed by atoms with Gasteiger partial charge in [-0.05, 0) is 25.5 Å². The molecule has 90 valence electrons. The highest BCUT2D eigenvalue weighted by Gasteiger charge is 2.18. The standard InChI is InChI=1S/C12H19N3.ClH/c1-10-4-3-5-14-12(10)9-15-7-6-13-8-11(15)2;/h3-5,11,13H,6-9H2,1-2H3;1H/t11-;/m1./s1. The first-order valence-electron chi connectivity index (χ1n) is 5.62. The Morgan fingerprint density at radius 3 is 3.06 bits per heavy atom. The lowest BCUT2D eigenvalue weighted by Gasteiger charge is -2.33. The van der Waals surface area contributed by atoms with Gasteiger partial charge in [0.15, 0.2) is 0 Å². The summed E-state index contributed by atoms with van der Waals surface area (Å²) in [6.45, 7) is 8.69. The highest BCUT2D eigenvalue weighted by atomic mass is 35.5. The Bertz CT molecular complexity index is 330. The van der Waals surface area contributed by atoms with E-state index in [4.69, 9.17) is 0 Å². The maximum atomic E-state index is 4.44. The number of aromatic nitrogens is 1. The lowest BCUT2D eigenvalue weighted by atomic mass is 10.1. The van der Waals surface area contributed by atoms with Gasteiger partial charge in [-0.25, -0.2) is 0 Å². The fourth-order valence-electron chi connectivity index (χ4n) is 1.99. The Hall–Kier alpha value is -0.640. The van der Waals surface area contributed by atoms with Crippen molar-refractivity contribution in [2.75, 3.05) is 19.6 Å². The van der Waals surface area contributed by atoms with Gasteiger partial charge in [-0.3, -0.25) is 9.88 Å². The third-order valence-electron chi connectivity index (χ3n) is 3.11. The van der Waals surface area contributed by atoms with Gasteiger partial charge in [0, 0.05) is 38.4 Å². The number of nitrogens with one attached hydrogen (secondary N) is 1. The van der Waals surface area contributed by atoms with E-state index in [1.807, 2.05) is 12.3 Å². The van der Waals surface area contributed by atoms with Gasteiger partial charge in [-0.1, -0.05) is 6.07 Å². The summed E-state index contributed by atoms with van der Waals surface area (Å²) in [6, 6.07) is 4.75. The Balaban J connectivity index is 0.00000128. The second-order valence-corrected chi connectivity index (χ2v) is 4.29. The van der Waals surface area contributed by atoms with Crippen molar-refractivity contribution in [3.63, 3.8) is 0 Å². The second-order valence-electron chi connectivity index (χ2n) is 4.29. The van der Waals surface area contributed by atoms with Crippen molar-refractivity contribution in [1.82, 2.24) is 15.2 Å². The highest BCUT2D eigenvalue weighted by Crippen LogP contribution is 2.11. The van der Waals surface area contributed by atoms with Crippen LogP contribution in [0.3, 0.4) is 0 Å². The van der Waals surface area contributed by atoms with Crippen LogP contribution in [-0.4, -0.2) is 35.6 Å². The lowest BCUT2D eigenvalue weighted by molar-refractivity contribution is 0.163. The number of hydrogen-bond donors (Lipinski definition) is 1. The van der Waals surface area contributed by atoms with E-state index in [0.29, 0.717) is 6.04 Å². The van der Waals surface area contributed by atoms with Gasteiger partial charge < -0.3 is 5.32 Å². The second kappa shape index (κ2) is 6.18. The molecule has 4 heteroatoms. The van der Waals surface area contributed by atoms with Crippen LogP contribution in [0.15, 0.2) is 18.3 Å².